The first-order valence-electron chi connectivity index (χ1n) is 3.17. The van der Waals surface area contributed by atoms with Gasteiger partial charge in [-0.25, -0.2) is 4.79 Å². The van der Waals surface area contributed by atoms with Gasteiger partial charge in [-0.15, -0.1) is 0 Å². The van der Waals surface area contributed by atoms with Crippen molar-refractivity contribution in [3.8, 4) is 0 Å². The highest BCUT2D eigenvalue weighted by Gasteiger charge is 2.03. The molecule has 2 N–H and O–H groups in total. The summed E-state index contributed by atoms with van der Waals surface area (Å²) in [4.78, 5) is 10.4. The van der Waals surface area contributed by atoms with Crippen molar-refractivity contribution in [1.29, 1.82) is 0 Å². The molecular weight excluding hydrogens is 142 g/mol. The van der Waals surface area contributed by atoms with E-state index in [0.29, 0.717) is 0 Å². The first kappa shape index (κ1) is 7.60. The van der Waals surface area contributed by atoms with Crippen LogP contribution in [0.15, 0.2) is 18.2 Å². The number of benzene rings is 1. The Morgan fingerprint density at radius 3 is 2.64 bits per heavy atom. The molecule has 57 valence electrons. The largest absolute Gasteiger partial charge is 0.478 e. The Labute approximate surface area is 64.5 Å². The molecule has 0 aliphatic rings. The molecule has 0 saturated heterocycles. The standard InChI is InChI=1S/C8H8NO2/c1-5-2-3-6(8(10)11)4-7(5)9/h2-4,9H,1H3,(H,10,11). The first-order valence-corrected chi connectivity index (χ1v) is 3.17. The summed E-state index contributed by atoms with van der Waals surface area (Å²) in [6.07, 6.45) is 0. The predicted octanol–water partition coefficient (Wildman–Crippen LogP) is 1.61. The van der Waals surface area contributed by atoms with Crippen LogP contribution in [0.3, 0.4) is 0 Å². The molecule has 0 spiro atoms. The third-order valence-electron chi connectivity index (χ3n) is 1.48. The average Bonchev–Trinajstić information content (AvgIpc) is 1.94. The van der Waals surface area contributed by atoms with Gasteiger partial charge in [-0.3, -0.25) is 0 Å². The first-order chi connectivity index (χ1) is 5.11. The van der Waals surface area contributed by atoms with Crippen LogP contribution in [0.1, 0.15) is 15.9 Å². The van der Waals surface area contributed by atoms with Crippen LogP contribution >= 0.6 is 0 Å². The smallest absolute Gasteiger partial charge is 0.335 e. The van der Waals surface area contributed by atoms with Crippen molar-refractivity contribution < 1.29 is 9.90 Å². The molecule has 0 aliphatic carbocycles. The van der Waals surface area contributed by atoms with Crippen molar-refractivity contribution in [2.24, 2.45) is 0 Å². The van der Waals surface area contributed by atoms with E-state index >= 15 is 0 Å². The van der Waals surface area contributed by atoms with Crippen molar-refractivity contribution in [1.82, 2.24) is 5.73 Å². The quantitative estimate of drug-likeness (QED) is 0.661. The fourth-order valence-corrected chi connectivity index (χ4v) is 0.755. The SMILES string of the molecule is Cc1ccc(C(=O)O)cc1[NH]. The number of nitrogens with one attached hydrogen (secondary N) is 1. The maximum atomic E-state index is 10.4. The van der Waals surface area contributed by atoms with E-state index in [1.54, 1.807) is 13.0 Å². The zero-order valence-electron chi connectivity index (χ0n) is 6.09. The Morgan fingerprint density at radius 2 is 2.18 bits per heavy atom. The summed E-state index contributed by atoms with van der Waals surface area (Å²) < 4.78 is 0. The van der Waals surface area contributed by atoms with Gasteiger partial charge < -0.3 is 10.8 Å². The number of hydrogen-bond acceptors (Lipinski definition) is 1. The number of hydrogen-bond donors (Lipinski definition) is 1. The zero-order chi connectivity index (χ0) is 8.43. The molecule has 1 aromatic rings. The fraction of sp³-hybridized carbons (Fsp3) is 0.125. The van der Waals surface area contributed by atoms with Crippen LogP contribution in [0, 0.1) is 6.92 Å². The summed E-state index contributed by atoms with van der Waals surface area (Å²) >= 11 is 0. The second kappa shape index (κ2) is 2.62. The van der Waals surface area contributed by atoms with Crippen LogP contribution < -0.4 is 5.73 Å². The van der Waals surface area contributed by atoms with Gasteiger partial charge in [0.15, 0.2) is 0 Å². The van der Waals surface area contributed by atoms with E-state index < -0.39 is 5.97 Å². The zero-order valence-corrected chi connectivity index (χ0v) is 6.09. The van der Waals surface area contributed by atoms with Gasteiger partial charge in [-0.2, -0.15) is 0 Å². The van der Waals surface area contributed by atoms with Gasteiger partial charge in [0.2, 0.25) is 0 Å². The van der Waals surface area contributed by atoms with Crippen LogP contribution in [-0.2, 0) is 0 Å². The van der Waals surface area contributed by atoms with Crippen LogP contribution in [0.2, 0.25) is 0 Å². The van der Waals surface area contributed by atoms with Crippen LogP contribution in [0.25, 0.3) is 0 Å². The molecular formula is C8H8NO2. The summed E-state index contributed by atoms with van der Waals surface area (Å²) in [5, 5.41) is 8.52. The molecule has 0 amide bonds. The molecule has 0 aliphatic heterocycles. The fourth-order valence-electron chi connectivity index (χ4n) is 0.755. The minimum absolute atomic E-state index is 0.167. The third-order valence-corrected chi connectivity index (χ3v) is 1.48. The number of rotatable bonds is 1. The lowest BCUT2D eigenvalue weighted by molar-refractivity contribution is 0.0697. The lowest BCUT2D eigenvalue weighted by Crippen LogP contribution is -1.95. The monoisotopic (exact) mass is 150 g/mol. The molecule has 0 aromatic heterocycles. The van der Waals surface area contributed by atoms with Crippen LogP contribution in [0.4, 0.5) is 5.69 Å². The third kappa shape index (κ3) is 1.49. The lowest BCUT2D eigenvalue weighted by Gasteiger charge is -1.98. The molecule has 0 heterocycles. The second-order valence-corrected chi connectivity index (χ2v) is 2.33. The Bertz CT molecular complexity index is 294. The van der Waals surface area contributed by atoms with Gasteiger partial charge in [0, 0.05) is 0 Å². The maximum Gasteiger partial charge on any atom is 0.335 e. The highest BCUT2D eigenvalue weighted by atomic mass is 16.4. The number of carboxylic acid groups (broad SMARTS) is 1. The van der Waals surface area contributed by atoms with E-state index in [-0.39, 0.29) is 11.3 Å². The molecule has 0 bridgehead atoms. The van der Waals surface area contributed by atoms with Crippen molar-refractivity contribution >= 4 is 11.7 Å². The molecule has 0 atom stereocenters. The number of carboxylic acids is 1. The highest BCUT2D eigenvalue weighted by Crippen LogP contribution is 2.13. The maximum absolute atomic E-state index is 10.4. The van der Waals surface area contributed by atoms with Crippen molar-refractivity contribution in [2.75, 3.05) is 0 Å². The molecule has 1 radical (unpaired) electrons. The Hall–Kier alpha value is -1.51. The van der Waals surface area contributed by atoms with Crippen molar-refractivity contribution in [2.45, 2.75) is 6.92 Å². The van der Waals surface area contributed by atoms with E-state index in [0.717, 1.165) is 5.56 Å². The summed E-state index contributed by atoms with van der Waals surface area (Å²) in [5.74, 6) is -0.987. The minimum Gasteiger partial charge on any atom is -0.478 e. The minimum atomic E-state index is -0.987. The van der Waals surface area contributed by atoms with Gasteiger partial charge in [-0.05, 0) is 24.6 Å². The van der Waals surface area contributed by atoms with E-state index in [2.05, 4.69) is 0 Å². The summed E-state index contributed by atoms with van der Waals surface area (Å²) in [6, 6.07) is 4.47. The summed E-state index contributed by atoms with van der Waals surface area (Å²) in [5.41, 5.74) is 8.51. The molecule has 0 unspecified atom stereocenters. The van der Waals surface area contributed by atoms with Crippen molar-refractivity contribution in [3.63, 3.8) is 0 Å². The van der Waals surface area contributed by atoms with Gasteiger partial charge in [0.1, 0.15) is 0 Å². The number of carbonyl (C=O) groups is 1. The van der Waals surface area contributed by atoms with Gasteiger partial charge >= 0.3 is 5.97 Å². The molecule has 1 aromatic carbocycles. The Morgan fingerprint density at radius 1 is 1.55 bits per heavy atom. The van der Waals surface area contributed by atoms with Gasteiger partial charge in [0.25, 0.3) is 0 Å². The van der Waals surface area contributed by atoms with E-state index in [9.17, 15) is 4.79 Å². The summed E-state index contributed by atoms with van der Waals surface area (Å²) in [6.45, 7) is 1.77. The molecule has 3 heteroatoms. The Kier molecular flexibility index (Phi) is 1.81. The predicted molar refractivity (Wildman–Crippen MR) is 40.9 cm³/mol. The highest BCUT2D eigenvalue weighted by molar-refractivity contribution is 5.88. The molecule has 0 fully saturated rings. The Balaban J connectivity index is 3.15. The normalized spacial score (nSPS) is 9.55. The molecule has 11 heavy (non-hydrogen) atoms. The van der Waals surface area contributed by atoms with E-state index in [1.807, 2.05) is 0 Å². The average molecular weight is 150 g/mol. The van der Waals surface area contributed by atoms with Crippen molar-refractivity contribution in [3.05, 3.63) is 29.3 Å². The van der Waals surface area contributed by atoms with Gasteiger partial charge in [-0.1, -0.05) is 6.07 Å². The molecule has 1 rings (SSSR count). The van der Waals surface area contributed by atoms with E-state index in [4.69, 9.17) is 10.8 Å². The van der Waals surface area contributed by atoms with Crippen LogP contribution in [-0.4, -0.2) is 11.1 Å². The number of aromatic carboxylic acids is 1. The van der Waals surface area contributed by atoms with E-state index in [1.165, 1.54) is 12.1 Å². The molecule has 3 nitrogen and oxygen atoms in total. The second-order valence-electron chi connectivity index (χ2n) is 2.33. The van der Waals surface area contributed by atoms with Gasteiger partial charge in [0.05, 0.1) is 11.3 Å². The lowest BCUT2D eigenvalue weighted by atomic mass is 10.1. The topological polar surface area (TPSA) is 61.1 Å². The number of aryl methyl sites for hydroxylation is 1. The van der Waals surface area contributed by atoms with Crippen LogP contribution in [0.5, 0.6) is 0 Å². The summed E-state index contributed by atoms with van der Waals surface area (Å²) in [7, 11) is 0. The molecule has 0 saturated carbocycles.